The van der Waals surface area contributed by atoms with Gasteiger partial charge in [0.25, 0.3) is 0 Å². The van der Waals surface area contributed by atoms with Crippen molar-refractivity contribution in [3.05, 3.63) is 46.6 Å². The standard InChI is InChI=1S/C10H11ClFNO2S/c1-2-16(14,15)13-7-6-8-4-3-5-9(12)10(8)11/h2-5,13H,1,6-7H2. The molecule has 0 heterocycles. The van der Waals surface area contributed by atoms with Crippen LogP contribution in [0.1, 0.15) is 5.56 Å². The van der Waals surface area contributed by atoms with E-state index in [1.54, 1.807) is 6.07 Å². The average molecular weight is 264 g/mol. The molecule has 3 nitrogen and oxygen atoms in total. The second-order valence-corrected chi connectivity index (χ2v) is 5.16. The Morgan fingerprint density at radius 2 is 2.19 bits per heavy atom. The van der Waals surface area contributed by atoms with Gasteiger partial charge in [-0.25, -0.2) is 17.5 Å². The Balaban J connectivity index is 2.63. The fraction of sp³-hybridized carbons (Fsp3) is 0.200. The van der Waals surface area contributed by atoms with Crippen molar-refractivity contribution in [1.29, 1.82) is 0 Å². The summed E-state index contributed by atoms with van der Waals surface area (Å²) >= 11 is 5.70. The third-order valence-electron chi connectivity index (χ3n) is 1.95. The van der Waals surface area contributed by atoms with E-state index in [9.17, 15) is 12.8 Å². The van der Waals surface area contributed by atoms with Crippen LogP contribution in [0, 0.1) is 5.82 Å². The zero-order valence-electron chi connectivity index (χ0n) is 8.41. The van der Waals surface area contributed by atoms with Crippen LogP contribution in [0.4, 0.5) is 4.39 Å². The maximum atomic E-state index is 13.0. The summed E-state index contributed by atoms with van der Waals surface area (Å²) in [5, 5.41) is 0.848. The molecule has 0 aliphatic heterocycles. The first-order valence-corrected chi connectivity index (χ1v) is 6.43. The van der Waals surface area contributed by atoms with Gasteiger partial charge in [0.05, 0.1) is 5.02 Å². The lowest BCUT2D eigenvalue weighted by Gasteiger charge is -2.05. The number of hydrogen-bond donors (Lipinski definition) is 1. The van der Waals surface area contributed by atoms with Crippen LogP contribution in [-0.2, 0) is 16.4 Å². The van der Waals surface area contributed by atoms with Crippen LogP contribution < -0.4 is 4.72 Å². The van der Waals surface area contributed by atoms with E-state index in [1.807, 2.05) is 0 Å². The summed E-state index contributed by atoms with van der Waals surface area (Å²) in [5.74, 6) is -0.509. The molecule has 16 heavy (non-hydrogen) atoms. The first-order valence-electron chi connectivity index (χ1n) is 4.51. The Kier molecular flexibility index (Phi) is 4.46. The second kappa shape index (κ2) is 5.43. The molecule has 0 atom stereocenters. The minimum Gasteiger partial charge on any atom is -0.211 e. The SMILES string of the molecule is C=CS(=O)(=O)NCCc1cccc(F)c1Cl. The van der Waals surface area contributed by atoms with Crippen molar-refractivity contribution in [2.24, 2.45) is 0 Å². The van der Waals surface area contributed by atoms with E-state index in [0.29, 0.717) is 12.0 Å². The lowest BCUT2D eigenvalue weighted by atomic mass is 10.1. The molecular weight excluding hydrogens is 253 g/mol. The molecular formula is C10H11ClFNO2S. The molecule has 1 aromatic carbocycles. The summed E-state index contributed by atoms with van der Waals surface area (Å²) in [6.45, 7) is 3.30. The average Bonchev–Trinajstić information content (AvgIpc) is 2.24. The maximum Gasteiger partial charge on any atom is 0.233 e. The quantitative estimate of drug-likeness (QED) is 0.884. The number of hydrogen-bond acceptors (Lipinski definition) is 2. The van der Waals surface area contributed by atoms with Gasteiger partial charge in [0, 0.05) is 12.0 Å². The van der Waals surface area contributed by atoms with Crippen LogP contribution in [0.5, 0.6) is 0 Å². The molecule has 0 saturated carbocycles. The Morgan fingerprint density at radius 1 is 1.50 bits per heavy atom. The highest BCUT2D eigenvalue weighted by Crippen LogP contribution is 2.19. The van der Waals surface area contributed by atoms with Crippen LogP contribution in [0.15, 0.2) is 30.2 Å². The topological polar surface area (TPSA) is 46.2 Å². The lowest BCUT2D eigenvalue weighted by molar-refractivity contribution is 0.590. The molecule has 0 spiro atoms. The molecule has 0 fully saturated rings. The zero-order chi connectivity index (χ0) is 12.2. The van der Waals surface area contributed by atoms with E-state index in [1.165, 1.54) is 12.1 Å². The molecule has 0 amide bonds. The third-order valence-corrected chi connectivity index (χ3v) is 3.42. The van der Waals surface area contributed by atoms with Gasteiger partial charge in [-0.05, 0) is 18.1 Å². The highest BCUT2D eigenvalue weighted by atomic mass is 35.5. The number of halogens is 2. The summed E-state index contributed by atoms with van der Waals surface area (Å²) in [5.41, 5.74) is 0.563. The second-order valence-electron chi connectivity index (χ2n) is 3.07. The Hall–Kier alpha value is -0.910. The Morgan fingerprint density at radius 3 is 2.81 bits per heavy atom. The molecule has 0 bridgehead atoms. The van der Waals surface area contributed by atoms with Gasteiger partial charge in [-0.2, -0.15) is 0 Å². The molecule has 6 heteroatoms. The van der Waals surface area contributed by atoms with Crippen molar-refractivity contribution < 1.29 is 12.8 Å². The van der Waals surface area contributed by atoms with E-state index in [2.05, 4.69) is 11.3 Å². The predicted molar refractivity (Wildman–Crippen MR) is 62.2 cm³/mol. The highest BCUT2D eigenvalue weighted by Gasteiger charge is 2.07. The van der Waals surface area contributed by atoms with Gasteiger partial charge in [0.2, 0.25) is 10.0 Å². The van der Waals surface area contributed by atoms with Crippen LogP contribution >= 0.6 is 11.6 Å². The van der Waals surface area contributed by atoms with Crippen LogP contribution in [-0.4, -0.2) is 15.0 Å². The summed E-state index contributed by atoms with van der Waals surface area (Å²) in [4.78, 5) is 0. The van der Waals surface area contributed by atoms with Gasteiger partial charge in [-0.3, -0.25) is 0 Å². The first-order chi connectivity index (χ1) is 7.46. The van der Waals surface area contributed by atoms with Crippen molar-refractivity contribution in [2.45, 2.75) is 6.42 Å². The van der Waals surface area contributed by atoms with Crippen molar-refractivity contribution in [3.8, 4) is 0 Å². The highest BCUT2D eigenvalue weighted by molar-refractivity contribution is 7.92. The molecule has 0 unspecified atom stereocenters. The van der Waals surface area contributed by atoms with Gasteiger partial charge < -0.3 is 0 Å². The molecule has 0 radical (unpaired) electrons. The number of sulfonamides is 1. The van der Waals surface area contributed by atoms with Crippen LogP contribution in [0.2, 0.25) is 5.02 Å². The minimum absolute atomic E-state index is 0.0281. The lowest BCUT2D eigenvalue weighted by Crippen LogP contribution is -2.23. The molecule has 1 rings (SSSR count). The summed E-state index contributed by atoms with van der Waals surface area (Å²) in [7, 11) is -3.44. The van der Waals surface area contributed by atoms with Crippen LogP contribution in [0.3, 0.4) is 0 Å². The number of rotatable bonds is 5. The first kappa shape index (κ1) is 13.2. The molecule has 1 N–H and O–H groups in total. The monoisotopic (exact) mass is 263 g/mol. The van der Waals surface area contributed by atoms with Gasteiger partial charge in [0.1, 0.15) is 5.82 Å². The molecule has 0 aromatic heterocycles. The maximum absolute atomic E-state index is 13.0. The van der Waals surface area contributed by atoms with Gasteiger partial charge in [0.15, 0.2) is 0 Å². The van der Waals surface area contributed by atoms with E-state index in [4.69, 9.17) is 11.6 Å². The van der Waals surface area contributed by atoms with Crippen molar-refractivity contribution in [2.75, 3.05) is 6.54 Å². The fourth-order valence-corrected chi connectivity index (χ4v) is 1.85. The molecule has 88 valence electrons. The minimum atomic E-state index is -3.44. The summed E-state index contributed by atoms with van der Waals surface area (Å²) < 4.78 is 37.3. The fourth-order valence-electron chi connectivity index (χ4n) is 1.13. The molecule has 0 aliphatic carbocycles. The zero-order valence-corrected chi connectivity index (χ0v) is 9.98. The Bertz CT molecular complexity index is 488. The predicted octanol–water partition coefficient (Wildman–Crippen LogP) is 2.08. The van der Waals surface area contributed by atoms with Crippen molar-refractivity contribution in [1.82, 2.24) is 4.72 Å². The van der Waals surface area contributed by atoms with E-state index in [-0.39, 0.29) is 11.6 Å². The molecule has 0 saturated heterocycles. The van der Waals surface area contributed by atoms with Gasteiger partial charge >= 0.3 is 0 Å². The number of nitrogens with one attached hydrogen (secondary N) is 1. The third kappa shape index (κ3) is 3.59. The largest absolute Gasteiger partial charge is 0.233 e. The number of benzene rings is 1. The van der Waals surface area contributed by atoms with E-state index in [0.717, 1.165) is 5.41 Å². The summed E-state index contributed by atoms with van der Waals surface area (Å²) in [6, 6.07) is 4.42. The van der Waals surface area contributed by atoms with Crippen LogP contribution in [0.25, 0.3) is 0 Å². The smallest absolute Gasteiger partial charge is 0.211 e. The van der Waals surface area contributed by atoms with E-state index >= 15 is 0 Å². The summed E-state index contributed by atoms with van der Waals surface area (Å²) in [6.07, 6.45) is 0.323. The normalized spacial score (nSPS) is 11.4. The van der Waals surface area contributed by atoms with Crippen molar-refractivity contribution >= 4 is 21.6 Å². The molecule has 0 aliphatic rings. The van der Waals surface area contributed by atoms with Crippen molar-refractivity contribution in [3.63, 3.8) is 0 Å². The van der Waals surface area contributed by atoms with Gasteiger partial charge in [-0.1, -0.05) is 30.3 Å². The van der Waals surface area contributed by atoms with E-state index < -0.39 is 15.8 Å². The molecule has 1 aromatic rings. The van der Waals surface area contributed by atoms with Gasteiger partial charge in [-0.15, -0.1) is 0 Å². The Labute approximate surface area is 99.0 Å².